The van der Waals surface area contributed by atoms with Crippen molar-refractivity contribution in [2.45, 2.75) is 160 Å². The molecule has 0 saturated carbocycles. The molecule has 9 aromatic carbocycles. The molecule has 0 spiro atoms. The molecule has 0 N–H and O–H groups in total. The van der Waals surface area contributed by atoms with Crippen LogP contribution in [-0.4, -0.2) is 0 Å². The van der Waals surface area contributed by atoms with Gasteiger partial charge in [0.05, 0.1) is 22.7 Å². The van der Waals surface area contributed by atoms with E-state index in [2.05, 4.69) is 304 Å². The van der Waals surface area contributed by atoms with Crippen LogP contribution in [0.15, 0.2) is 179 Å². The molecule has 9 aromatic rings. The highest BCUT2D eigenvalue weighted by molar-refractivity contribution is 9.10. The third kappa shape index (κ3) is 14.1. The minimum Gasteiger partial charge on any atom is -0.310 e. The molecule has 0 radical (unpaired) electrons. The van der Waals surface area contributed by atoms with Crippen LogP contribution in [0.3, 0.4) is 0 Å². The molecule has 0 aliphatic carbocycles. The molecular weight excluding hydrogens is 1150 g/mol. The number of benzene rings is 9. The van der Waals surface area contributed by atoms with E-state index in [4.69, 9.17) is 0 Å². The fourth-order valence-electron chi connectivity index (χ4n) is 12.8. The quantitative estimate of drug-likeness (QED) is 0.0598. The Hall–Kier alpha value is -6.86. The molecular formula is C78H88Br2N4. The lowest BCUT2D eigenvalue weighted by Crippen LogP contribution is -2.16. The van der Waals surface area contributed by atoms with Gasteiger partial charge in [0.15, 0.2) is 0 Å². The van der Waals surface area contributed by atoms with Gasteiger partial charge in [0, 0.05) is 54.4 Å². The number of rotatable bonds is 24. The molecule has 0 saturated heterocycles. The van der Waals surface area contributed by atoms with Crippen molar-refractivity contribution >= 4 is 100 Å². The molecule has 0 amide bonds. The Kier molecular flexibility index (Phi) is 20.8. The van der Waals surface area contributed by atoms with Gasteiger partial charge in [-0.1, -0.05) is 134 Å². The zero-order valence-corrected chi connectivity index (χ0v) is 55.4. The van der Waals surface area contributed by atoms with Crippen LogP contribution in [0.1, 0.15) is 146 Å². The van der Waals surface area contributed by atoms with E-state index in [0.717, 1.165) is 80.1 Å². The van der Waals surface area contributed by atoms with Crippen molar-refractivity contribution in [3.63, 3.8) is 0 Å². The zero-order chi connectivity index (χ0) is 59.6. The third-order valence-corrected chi connectivity index (χ3v) is 17.7. The van der Waals surface area contributed by atoms with E-state index in [9.17, 15) is 0 Å². The van der Waals surface area contributed by atoms with E-state index in [0.29, 0.717) is 0 Å². The normalized spacial score (nSPS) is 11.3. The maximum atomic E-state index is 3.72. The first-order valence-corrected chi connectivity index (χ1v) is 32.6. The fourth-order valence-corrected chi connectivity index (χ4v) is 13.3. The van der Waals surface area contributed by atoms with Crippen molar-refractivity contribution in [2.24, 2.45) is 0 Å². The Morgan fingerprint density at radius 3 is 0.524 bits per heavy atom. The van der Waals surface area contributed by atoms with Crippen LogP contribution in [0.4, 0.5) is 68.2 Å². The molecule has 0 bridgehead atoms. The molecule has 434 valence electrons. The summed E-state index contributed by atoms with van der Waals surface area (Å²) >= 11 is 7.45. The first-order valence-electron chi connectivity index (χ1n) is 31.0. The topological polar surface area (TPSA) is 13.0 Å². The molecule has 0 aliphatic rings. The van der Waals surface area contributed by atoms with Gasteiger partial charge in [-0.25, -0.2) is 0 Å². The van der Waals surface area contributed by atoms with Gasteiger partial charge in [-0.05, 0) is 295 Å². The summed E-state index contributed by atoms with van der Waals surface area (Å²) in [6.45, 7) is 27.4. The second-order valence-electron chi connectivity index (χ2n) is 23.6. The fraction of sp³-hybridized carbons (Fsp3) is 0.308. The maximum absolute atomic E-state index is 3.72. The molecule has 0 unspecified atom stereocenters. The lowest BCUT2D eigenvalue weighted by Gasteiger charge is -2.33. The molecule has 0 atom stereocenters. The number of hydrogen-bond acceptors (Lipinski definition) is 4. The van der Waals surface area contributed by atoms with Crippen LogP contribution < -0.4 is 19.6 Å². The van der Waals surface area contributed by atoms with E-state index in [-0.39, 0.29) is 0 Å². The van der Waals surface area contributed by atoms with Gasteiger partial charge in [-0.3, -0.25) is 0 Å². The lowest BCUT2D eigenvalue weighted by atomic mass is 9.98. The number of aryl methyl sites for hydroxylation is 12. The summed E-state index contributed by atoms with van der Waals surface area (Å²) in [5.41, 5.74) is 29.6. The van der Waals surface area contributed by atoms with E-state index in [1.54, 1.807) is 0 Å². The Labute approximate surface area is 521 Å². The summed E-state index contributed by atoms with van der Waals surface area (Å²) in [6.07, 6.45) is 13.8. The van der Waals surface area contributed by atoms with Crippen molar-refractivity contribution in [1.82, 2.24) is 0 Å². The van der Waals surface area contributed by atoms with Gasteiger partial charge >= 0.3 is 0 Å². The summed E-state index contributed by atoms with van der Waals surface area (Å²) in [6, 6.07) is 64.6. The van der Waals surface area contributed by atoms with E-state index < -0.39 is 0 Å². The van der Waals surface area contributed by atoms with Gasteiger partial charge in [0.25, 0.3) is 0 Å². The minimum atomic E-state index is 1.06. The molecule has 84 heavy (non-hydrogen) atoms. The van der Waals surface area contributed by atoms with Crippen molar-refractivity contribution in [3.8, 4) is 0 Å². The number of hydrogen-bond donors (Lipinski definition) is 0. The van der Waals surface area contributed by atoms with Gasteiger partial charge in [0.1, 0.15) is 0 Å². The predicted octanol–water partition coefficient (Wildman–Crippen LogP) is 24.9. The monoisotopic (exact) mass is 1240 g/mol. The Bertz CT molecular complexity index is 3320. The maximum Gasteiger partial charge on any atom is 0.0520 e. The summed E-state index contributed by atoms with van der Waals surface area (Å²) < 4.78 is 2.13. The van der Waals surface area contributed by atoms with Crippen LogP contribution in [-0.2, 0) is 25.7 Å². The first-order chi connectivity index (χ1) is 40.6. The summed E-state index contributed by atoms with van der Waals surface area (Å²) in [5.74, 6) is 0. The summed E-state index contributed by atoms with van der Waals surface area (Å²) in [4.78, 5) is 9.85. The first kappa shape index (κ1) is 61.7. The summed E-state index contributed by atoms with van der Waals surface area (Å²) in [5, 5.41) is 0. The van der Waals surface area contributed by atoms with Gasteiger partial charge in [-0.2, -0.15) is 0 Å². The Balaban J connectivity index is 1.16. The lowest BCUT2D eigenvalue weighted by molar-refractivity contribution is 0.794. The number of halogens is 2. The number of nitrogens with zero attached hydrogens (tertiary/aromatic N) is 4. The van der Waals surface area contributed by atoms with Crippen LogP contribution in [0.2, 0.25) is 0 Å². The molecule has 4 nitrogen and oxygen atoms in total. The zero-order valence-electron chi connectivity index (χ0n) is 52.2. The van der Waals surface area contributed by atoms with Crippen molar-refractivity contribution < 1.29 is 0 Å². The predicted molar refractivity (Wildman–Crippen MR) is 373 cm³/mol. The van der Waals surface area contributed by atoms with E-state index in [1.165, 1.54) is 141 Å². The second kappa shape index (κ2) is 28.4. The van der Waals surface area contributed by atoms with Crippen LogP contribution in [0.5, 0.6) is 0 Å². The highest BCUT2D eigenvalue weighted by Crippen LogP contribution is 2.47. The average molecular weight is 1240 g/mol. The van der Waals surface area contributed by atoms with Crippen molar-refractivity contribution in [3.05, 3.63) is 246 Å². The average Bonchev–Trinajstić information content (AvgIpc) is 3.57. The molecule has 0 fully saturated rings. The Morgan fingerprint density at radius 1 is 0.238 bits per heavy atom. The highest BCUT2D eigenvalue weighted by Gasteiger charge is 2.25. The van der Waals surface area contributed by atoms with Crippen molar-refractivity contribution in [2.75, 3.05) is 19.6 Å². The SMILES string of the molecule is CCCCc1cc(C)c(N(c2ccc(Br)cc2)c2ccc(N(c3ccc(N(c4ccc(N(c5ccc(Br)cc5)c5c(C)cc(CCCC)cc5C)cc4)c4c(C)cc(CCCC)cc4C)cc3)c3c(C)cc(CCCC)cc3C)cc2)c(C)c1. The largest absolute Gasteiger partial charge is 0.310 e. The molecule has 0 aliphatic heterocycles. The van der Waals surface area contributed by atoms with E-state index >= 15 is 0 Å². The molecule has 6 heteroatoms. The van der Waals surface area contributed by atoms with Crippen LogP contribution in [0.25, 0.3) is 0 Å². The standard InChI is InChI=1S/C78H88Br2N4/c1-13-17-21-61-45-53(5)75(54(6)46-61)81(67-29-25-65(79)26-30-67)69-33-37-71(38-34-69)83(77-57(9)49-63(23-19-15-3)50-58(77)10)73-41-43-74(44-42-73)84(78-59(11)51-64(24-20-16-4)52-60(78)12)72-39-35-70(36-40-72)82(68-31-27-66(80)28-32-68)76-55(7)47-62(22-18-14-2)48-56(76)8/h25-52H,13-24H2,1-12H3. The highest BCUT2D eigenvalue weighted by atomic mass is 79.9. The second-order valence-corrected chi connectivity index (χ2v) is 25.4. The number of unbranched alkanes of at least 4 members (excludes halogenated alkanes) is 4. The minimum absolute atomic E-state index is 1.06. The Morgan fingerprint density at radius 2 is 0.381 bits per heavy atom. The van der Waals surface area contributed by atoms with E-state index in [1.807, 2.05) is 0 Å². The van der Waals surface area contributed by atoms with Crippen LogP contribution in [0, 0.1) is 55.4 Å². The van der Waals surface area contributed by atoms with Gasteiger partial charge in [0.2, 0.25) is 0 Å². The van der Waals surface area contributed by atoms with Gasteiger partial charge < -0.3 is 19.6 Å². The molecule has 0 heterocycles. The molecule has 9 rings (SSSR count). The summed E-state index contributed by atoms with van der Waals surface area (Å²) in [7, 11) is 0. The van der Waals surface area contributed by atoms with Crippen molar-refractivity contribution in [1.29, 1.82) is 0 Å². The number of anilines is 12. The molecule has 0 aromatic heterocycles. The van der Waals surface area contributed by atoms with Crippen LogP contribution >= 0.6 is 31.9 Å². The van der Waals surface area contributed by atoms with Gasteiger partial charge in [-0.15, -0.1) is 0 Å². The third-order valence-electron chi connectivity index (χ3n) is 16.6. The smallest absolute Gasteiger partial charge is 0.0520 e.